The van der Waals surface area contributed by atoms with Gasteiger partial charge in [0.1, 0.15) is 5.57 Å². The Balaban J connectivity index is 0.00000441. The van der Waals surface area contributed by atoms with Crippen LogP contribution in [0.1, 0.15) is 12.5 Å². The van der Waals surface area contributed by atoms with Crippen LogP contribution < -0.4 is 0 Å². The molecule has 0 heterocycles. The molecule has 0 aliphatic heterocycles. The van der Waals surface area contributed by atoms with E-state index in [2.05, 4.69) is 4.74 Å². The zero-order valence-electron chi connectivity index (χ0n) is 11.0. The SMILES string of the molecule is CCOC(=O)/C(=C(\O)C(F)(F)F)c1ccc([N+](=O)[O-])cc1.[Cu]. The van der Waals surface area contributed by atoms with Gasteiger partial charge in [0, 0.05) is 29.2 Å². The molecule has 0 saturated carbocycles. The monoisotopic (exact) mass is 368 g/mol. The van der Waals surface area contributed by atoms with Crippen molar-refractivity contribution in [3.8, 4) is 0 Å². The van der Waals surface area contributed by atoms with Crippen molar-refractivity contribution in [3.05, 3.63) is 45.7 Å². The number of allylic oxidation sites excluding steroid dienone is 1. The van der Waals surface area contributed by atoms with Crippen LogP contribution in [0.5, 0.6) is 0 Å². The van der Waals surface area contributed by atoms with E-state index in [0.717, 1.165) is 24.3 Å². The third-order valence-corrected chi connectivity index (χ3v) is 2.35. The van der Waals surface area contributed by atoms with Crippen molar-refractivity contribution < 1.29 is 49.8 Å². The number of nitrogens with zero attached hydrogens (tertiary/aromatic N) is 1. The minimum Gasteiger partial charge on any atom is -0.504 e. The van der Waals surface area contributed by atoms with Crippen LogP contribution in [-0.4, -0.2) is 28.8 Å². The number of carbonyl (C=O) groups excluding carboxylic acids is 1. The average molecular weight is 369 g/mol. The van der Waals surface area contributed by atoms with Crippen LogP contribution >= 0.6 is 0 Å². The summed E-state index contributed by atoms with van der Waals surface area (Å²) >= 11 is 0. The Bertz CT molecular complexity index is 583. The molecule has 0 spiro atoms. The molecular weight excluding hydrogens is 359 g/mol. The van der Waals surface area contributed by atoms with Crippen LogP contribution in [0.25, 0.3) is 5.57 Å². The maximum absolute atomic E-state index is 12.6. The second-order valence-electron chi connectivity index (χ2n) is 3.75. The molecule has 1 aromatic rings. The predicted octanol–water partition coefficient (Wildman–Crippen LogP) is 2.99. The second-order valence-corrected chi connectivity index (χ2v) is 3.75. The minimum atomic E-state index is -5.15. The predicted molar refractivity (Wildman–Crippen MR) is 65.3 cm³/mol. The molecule has 22 heavy (non-hydrogen) atoms. The number of hydrogen-bond donors (Lipinski definition) is 1. The van der Waals surface area contributed by atoms with Gasteiger partial charge in [-0.3, -0.25) is 10.1 Å². The standard InChI is InChI=1S/C12H10F3NO5.Cu/c1-2-21-11(18)9(10(17)12(13,14)15)7-3-5-8(6-4-7)16(19)20;/h3-6,17H,2H2,1H3;/b10-9-;. The van der Waals surface area contributed by atoms with Crippen LogP contribution in [0.15, 0.2) is 30.0 Å². The summed E-state index contributed by atoms with van der Waals surface area (Å²) in [6, 6.07) is 3.68. The zero-order chi connectivity index (χ0) is 16.2. The number of esters is 1. The topological polar surface area (TPSA) is 89.7 Å². The van der Waals surface area contributed by atoms with E-state index in [9.17, 15) is 33.2 Å². The smallest absolute Gasteiger partial charge is 0.449 e. The number of halogens is 3. The fourth-order valence-electron chi connectivity index (χ4n) is 1.45. The van der Waals surface area contributed by atoms with Crippen LogP contribution in [0.3, 0.4) is 0 Å². The number of aliphatic hydroxyl groups excluding tert-OH is 1. The number of aliphatic hydroxyl groups is 1. The number of rotatable bonds is 4. The fourth-order valence-corrected chi connectivity index (χ4v) is 1.45. The number of nitro groups is 1. The van der Waals surface area contributed by atoms with Crippen LogP contribution in [0.4, 0.5) is 18.9 Å². The molecule has 125 valence electrons. The van der Waals surface area contributed by atoms with Crippen molar-refractivity contribution in [1.82, 2.24) is 0 Å². The molecule has 0 fully saturated rings. The van der Waals surface area contributed by atoms with Gasteiger partial charge in [-0.1, -0.05) is 0 Å². The van der Waals surface area contributed by atoms with Crippen LogP contribution in [-0.2, 0) is 26.6 Å². The molecule has 1 aromatic carbocycles. The molecule has 0 aromatic heterocycles. The first-order chi connectivity index (χ1) is 9.68. The van der Waals surface area contributed by atoms with Crippen molar-refractivity contribution in [2.75, 3.05) is 6.61 Å². The molecule has 0 unspecified atom stereocenters. The van der Waals surface area contributed by atoms with E-state index >= 15 is 0 Å². The van der Waals surface area contributed by atoms with Gasteiger partial charge in [0.2, 0.25) is 5.76 Å². The van der Waals surface area contributed by atoms with E-state index in [4.69, 9.17) is 0 Å². The summed E-state index contributed by atoms with van der Waals surface area (Å²) in [6.07, 6.45) is -5.15. The van der Waals surface area contributed by atoms with E-state index in [1.807, 2.05) is 0 Å². The maximum Gasteiger partial charge on any atom is 0.449 e. The van der Waals surface area contributed by atoms with Gasteiger partial charge >= 0.3 is 12.1 Å². The summed E-state index contributed by atoms with van der Waals surface area (Å²) in [5.74, 6) is -3.49. The number of carbonyl (C=O) groups is 1. The summed E-state index contributed by atoms with van der Waals surface area (Å²) in [7, 11) is 0. The third kappa shape index (κ3) is 4.74. The van der Waals surface area contributed by atoms with Crippen molar-refractivity contribution in [1.29, 1.82) is 0 Å². The Morgan fingerprint density at radius 3 is 2.18 bits per heavy atom. The Kier molecular flexibility index (Phi) is 7.08. The van der Waals surface area contributed by atoms with Gasteiger partial charge in [0.05, 0.1) is 11.5 Å². The van der Waals surface area contributed by atoms with Gasteiger partial charge < -0.3 is 9.84 Å². The Hall–Kier alpha value is -2.06. The minimum absolute atomic E-state index is 0. The van der Waals surface area contributed by atoms with E-state index in [-0.39, 0.29) is 34.9 Å². The molecule has 6 nitrogen and oxygen atoms in total. The van der Waals surface area contributed by atoms with Crippen molar-refractivity contribution >= 4 is 17.2 Å². The Morgan fingerprint density at radius 2 is 1.82 bits per heavy atom. The Morgan fingerprint density at radius 1 is 1.32 bits per heavy atom. The molecule has 1 rings (SSSR count). The van der Waals surface area contributed by atoms with Crippen molar-refractivity contribution in [3.63, 3.8) is 0 Å². The van der Waals surface area contributed by atoms with Gasteiger partial charge in [0.25, 0.3) is 5.69 Å². The number of alkyl halides is 3. The molecule has 0 aliphatic rings. The van der Waals surface area contributed by atoms with Crippen molar-refractivity contribution in [2.45, 2.75) is 13.1 Å². The van der Waals surface area contributed by atoms with E-state index in [1.165, 1.54) is 6.92 Å². The molecule has 0 amide bonds. The molecule has 0 atom stereocenters. The second kappa shape index (κ2) is 7.81. The number of nitro benzene ring substituents is 1. The first-order valence-corrected chi connectivity index (χ1v) is 5.60. The molecule has 0 aliphatic carbocycles. The molecule has 10 heteroatoms. The van der Waals surface area contributed by atoms with E-state index in [0.29, 0.717) is 0 Å². The first-order valence-electron chi connectivity index (χ1n) is 5.60. The third-order valence-electron chi connectivity index (χ3n) is 2.35. The van der Waals surface area contributed by atoms with Crippen LogP contribution in [0, 0.1) is 10.1 Å². The maximum atomic E-state index is 12.6. The largest absolute Gasteiger partial charge is 0.504 e. The molecule has 1 N–H and O–H groups in total. The molecule has 0 bridgehead atoms. The molecular formula is C12H10CuF3NO5. The van der Waals surface area contributed by atoms with Crippen molar-refractivity contribution in [2.24, 2.45) is 0 Å². The molecule has 1 radical (unpaired) electrons. The zero-order valence-corrected chi connectivity index (χ0v) is 11.9. The summed E-state index contributed by atoms with van der Waals surface area (Å²) in [5, 5.41) is 19.7. The quantitative estimate of drug-likeness (QED) is 0.220. The molecule has 0 saturated heterocycles. The number of non-ortho nitro benzene ring substituents is 1. The number of ether oxygens (including phenoxy) is 1. The summed E-state index contributed by atoms with van der Waals surface area (Å²) in [5.41, 5.74) is -1.80. The van der Waals surface area contributed by atoms with Gasteiger partial charge in [-0.15, -0.1) is 0 Å². The Labute approximate surface area is 133 Å². The summed E-state index contributed by atoms with van der Waals surface area (Å²) in [4.78, 5) is 21.3. The van der Waals surface area contributed by atoms with E-state index < -0.39 is 28.4 Å². The van der Waals surface area contributed by atoms with Gasteiger partial charge in [-0.25, -0.2) is 4.79 Å². The fraction of sp³-hybridized carbons (Fsp3) is 0.250. The first kappa shape index (κ1) is 19.9. The van der Waals surface area contributed by atoms with Gasteiger partial charge in [0.15, 0.2) is 0 Å². The summed E-state index contributed by atoms with van der Waals surface area (Å²) in [6.45, 7) is 1.19. The number of hydrogen-bond acceptors (Lipinski definition) is 5. The van der Waals surface area contributed by atoms with Crippen LogP contribution in [0.2, 0.25) is 0 Å². The number of benzene rings is 1. The average Bonchev–Trinajstić information content (AvgIpc) is 2.38. The normalized spacial score (nSPS) is 12.0. The van der Waals surface area contributed by atoms with Gasteiger partial charge in [-0.2, -0.15) is 13.2 Å². The van der Waals surface area contributed by atoms with Gasteiger partial charge in [-0.05, 0) is 24.6 Å². The summed E-state index contributed by atoms with van der Waals surface area (Å²) < 4.78 is 42.2. The van der Waals surface area contributed by atoms with E-state index in [1.54, 1.807) is 0 Å².